The van der Waals surface area contributed by atoms with E-state index >= 15 is 0 Å². The molecule has 4 rings (SSSR count). The average molecular weight is 274 g/mol. The molecule has 0 amide bonds. The summed E-state index contributed by atoms with van der Waals surface area (Å²) in [4.78, 5) is 4.35. The van der Waals surface area contributed by atoms with Gasteiger partial charge in [-0.15, -0.1) is 0 Å². The van der Waals surface area contributed by atoms with E-state index in [2.05, 4.69) is 10.1 Å². The minimum absolute atomic E-state index is 0.00203. The zero-order valence-electron chi connectivity index (χ0n) is 10.7. The molecule has 2 N–H and O–H groups in total. The number of aromatic hydroxyl groups is 2. The summed E-state index contributed by atoms with van der Waals surface area (Å²) in [6, 6.07) is 4.21. The summed E-state index contributed by atoms with van der Waals surface area (Å²) >= 11 is 0. The molecule has 3 heterocycles. The van der Waals surface area contributed by atoms with Crippen molar-refractivity contribution in [3.05, 3.63) is 24.0 Å². The van der Waals surface area contributed by atoms with Crippen molar-refractivity contribution in [2.24, 2.45) is 0 Å². The Hall–Kier alpha value is -2.08. The van der Waals surface area contributed by atoms with Gasteiger partial charge < -0.3 is 19.5 Å². The maximum atomic E-state index is 9.80. The lowest BCUT2D eigenvalue weighted by atomic mass is 9.89. The molecular weight excluding hydrogens is 260 g/mol. The number of aromatic nitrogens is 2. The van der Waals surface area contributed by atoms with Gasteiger partial charge in [0.2, 0.25) is 0 Å². The molecule has 3 unspecified atom stereocenters. The predicted molar refractivity (Wildman–Crippen MR) is 68.3 cm³/mol. The molecule has 6 nitrogen and oxygen atoms in total. The number of benzene rings is 1. The van der Waals surface area contributed by atoms with Crippen LogP contribution in [-0.4, -0.2) is 32.6 Å². The van der Waals surface area contributed by atoms with E-state index in [9.17, 15) is 10.2 Å². The average Bonchev–Trinajstić information content (AvgIpc) is 3.15. The fourth-order valence-corrected chi connectivity index (χ4v) is 3.10. The van der Waals surface area contributed by atoms with Gasteiger partial charge in [0, 0.05) is 0 Å². The van der Waals surface area contributed by atoms with Gasteiger partial charge in [0.05, 0.1) is 23.7 Å². The predicted octanol–water partition coefficient (Wildman–Crippen LogP) is 2.18. The summed E-state index contributed by atoms with van der Waals surface area (Å²) in [5.74, 6) is 1.06. The zero-order valence-corrected chi connectivity index (χ0v) is 10.7. The molecule has 104 valence electrons. The number of hydrogen-bond acceptors (Lipinski definition) is 6. The Balaban J connectivity index is 1.66. The second-order valence-electron chi connectivity index (χ2n) is 5.38. The van der Waals surface area contributed by atoms with Gasteiger partial charge in [-0.1, -0.05) is 5.16 Å². The molecule has 2 aliphatic rings. The van der Waals surface area contributed by atoms with Crippen LogP contribution in [0.5, 0.6) is 11.5 Å². The fourth-order valence-electron chi connectivity index (χ4n) is 3.10. The van der Waals surface area contributed by atoms with Crippen molar-refractivity contribution in [3.63, 3.8) is 0 Å². The van der Waals surface area contributed by atoms with Crippen LogP contribution in [0, 0.1) is 0 Å². The third-order valence-corrected chi connectivity index (χ3v) is 4.09. The Kier molecular flexibility index (Phi) is 2.47. The van der Waals surface area contributed by atoms with Gasteiger partial charge in [0.15, 0.2) is 5.82 Å². The van der Waals surface area contributed by atoms with Gasteiger partial charge in [-0.2, -0.15) is 4.98 Å². The number of rotatable bonds is 2. The van der Waals surface area contributed by atoms with Crippen molar-refractivity contribution in [1.82, 2.24) is 10.1 Å². The van der Waals surface area contributed by atoms with Gasteiger partial charge >= 0.3 is 0 Å². The van der Waals surface area contributed by atoms with Crippen LogP contribution in [0.1, 0.15) is 31.0 Å². The molecule has 0 aliphatic carbocycles. The lowest BCUT2D eigenvalue weighted by Gasteiger charge is -2.13. The van der Waals surface area contributed by atoms with Crippen LogP contribution in [0.4, 0.5) is 0 Å². The van der Waals surface area contributed by atoms with Gasteiger partial charge in [0.25, 0.3) is 5.89 Å². The second kappa shape index (κ2) is 4.21. The van der Waals surface area contributed by atoms with E-state index in [-0.39, 0.29) is 29.4 Å². The SMILES string of the molecule is Oc1ccc(O)c(-c2nc(C3CC4CCC3O4)no2)c1. The van der Waals surface area contributed by atoms with Crippen molar-refractivity contribution in [2.75, 3.05) is 0 Å². The molecule has 2 bridgehead atoms. The van der Waals surface area contributed by atoms with Crippen LogP contribution in [0.25, 0.3) is 11.5 Å². The number of hydrogen-bond donors (Lipinski definition) is 2. The van der Waals surface area contributed by atoms with E-state index in [0.717, 1.165) is 19.3 Å². The quantitative estimate of drug-likeness (QED) is 0.816. The summed E-state index contributed by atoms with van der Waals surface area (Å²) in [6.45, 7) is 0. The van der Waals surface area contributed by atoms with E-state index in [1.165, 1.54) is 18.2 Å². The molecule has 1 aromatic carbocycles. The smallest absolute Gasteiger partial charge is 0.261 e. The molecule has 2 aliphatic heterocycles. The summed E-state index contributed by atoms with van der Waals surface area (Å²) in [5.41, 5.74) is 0.341. The van der Waals surface area contributed by atoms with Crippen LogP contribution < -0.4 is 0 Å². The number of phenols is 2. The number of nitrogens with zero attached hydrogens (tertiary/aromatic N) is 2. The van der Waals surface area contributed by atoms with Crippen molar-refractivity contribution < 1.29 is 19.5 Å². The molecular formula is C14H14N2O4. The van der Waals surface area contributed by atoms with Crippen LogP contribution in [-0.2, 0) is 4.74 Å². The standard InChI is InChI=1S/C14H14N2O4/c17-7-1-3-11(18)9(5-7)14-15-13(16-20-14)10-6-8-2-4-12(10)19-8/h1,3,5,8,10,12,17-18H,2,4,6H2. The topological polar surface area (TPSA) is 88.6 Å². The number of ether oxygens (including phenoxy) is 1. The normalized spacial score (nSPS) is 28.1. The van der Waals surface area contributed by atoms with Crippen molar-refractivity contribution >= 4 is 0 Å². The molecule has 1 aromatic heterocycles. The molecule has 2 fully saturated rings. The van der Waals surface area contributed by atoms with E-state index in [0.29, 0.717) is 17.5 Å². The zero-order chi connectivity index (χ0) is 13.7. The summed E-state index contributed by atoms with van der Waals surface area (Å²) in [7, 11) is 0. The Labute approximate surface area is 115 Å². The van der Waals surface area contributed by atoms with E-state index in [1.54, 1.807) is 0 Å². The third-order valence-electron chi connectivity index (χ3n) is 4.09. The van der Waals surface area contributed by atoms with Gasteiger partial charge in [-0.3, -0.25) is 0 Å². The van der Waals surface area contributed by atoms with E-state index < -0.39 is 0 Å². The first-order chi connectivity index (χ1) is 9.70. The minimum Gasteiger partial charge on any atom is -0.508 e. The van der Waals surface area contributed by atoms with Crippen LogP contribution in [0.2, 0.25) is 0 Å². The van der Waals surface area contributed by atoms with Crippen LogP contribution in [0.3, 0.4) is 0 Å². The Morgan fingerprint density at radius 3 is 2.85 bits per heavy atom. The van der Waals surface area contributed by atoms with Crippen molar-refractivity contribution in [1.29, 1.82) is 0 Å². The molecule has 6 heteroatoms. The Morgan fingerprint density at radius 2 is 2.10 bits per heavy atom. The summed E-state index contributed by atoms with van der Waals surface area (Å²) in [5, 5.41) is 23.3. The largest absolute Gasteiger partial charge is 0.508 e. The fraction of sp³-hybridized carbons (Fsp3) is 0.429. The monoisotopic (exact) mass is 274 g/mol. The first kappa shape index (κ1) is 11.7. The minimum atomic E-state index is 0.00203. The Bertz CT molecular complexity index is 654. The van der Waals surface area contributed by atoms with Crippen LogP contribution >= 0.6 is 0 Å². The highest BCUT2D eigenvalue weighted by molar-refractivity contribution is 5.64. The summed E-state index contributed by atoms with van der Waals surface area (Å²) in [6.07, 6.45) is 3.58. The third kappa shape index (κ3) is 1.76. The highest BCUT2D eigenvalue weighted by atomic mass is 16.5. The highest BCUT2D eigenvalue weighted by Crippen LogP contribution is 2.44. The van der Waals surface area contributed by atoms with Gasteiger partial charge in [-0.25, -0.2) is 0 Å². The maximum Gasteiger partial charge on any atom is 0.261 e. The van der Waals surface area contributed by atoms with E-state index in [1.807, 2.05) is 0 Å². The lowest BCUT2D eigenvalue weighted by Crippen LogP contribution is -2.15. The second-order valence-corrected chi connectivity index (χ2v) is 5.38. The Morgan fingerprint density at radius 1 is 1.20 bits per heavy atom. The summed E-state index contributed by atoms with van der Waals surface area (Å²) < 4.78 is 11.0. The van der Waals surface area contributed by atoms with Crippen molar-refractivity contribution in [3.8, 4) is 23.0 Å². The van der Waals surface area contributed by atoms with Gasteiger partial charge in [-0.05, 0) is 37.5 Å². The maximum absolute atomic E-state index is 9.80. The van der Waals surface area contributed by atoms with E-state index in [4.69, 9.17) is 9.26 Å². The molecule has 0 radical (unpaired) electrons. The van der Waals surface area contributed by atoms with Crippen LogP contribution in [0.15, 0.2) is 22.7 Å². The number of fused-ring (bicyclic) bond motifs is 2. The first-order valence-electron chi connectivity index (χ1n) is 6.72. The molecule has 0 spiro atoms. The number of phenolic OH excluding ortho intramolecular Hbond substituents is 2. The molecule has 20 heavy (non-hydrogen) atoms. The molecule has 2 aromatic rings. The molecule has 3 atom stereocenters. The molecule has 0 saturated carbocycles. The molecule has 2 saturated heterocycles. The van der Waals surface area contributed by atoms with Crippen molar-refractivity contribution in [2.45, 2.75) is 37.4 Å². The lowest BCUT2D eigenvalue weighted by molar-refractivity contribution is 0.0996. The van der Waals surface area contributed by atoms with Gasteiger partial charge in [0.1, 0.15) is 11.5 Å². The highest BCUT2D eigenvalue weighted by Gasteiger charge is 2.43. The first-order valence-corrected chi connectivity index (χ1v) is 6.72.